The number of rotatable bonds is 5. The second-order valence-corrected chi connectivity index (χ2v) is 7.25. The van der Waals surface area contributed by atoms with E-state index in [1.54, 1.807) is 61.5 Å². The highest BCUT2D eigenvalue weighted by Gasteiger charge is 2.12. The quantitative estimate of drug-likeness (QED) is 0.509. The smallest absolute Gasteiger partial charge is 0.335 e. The lowest BCUT2D eigenvalue weighted by Crippen LogP contribution is -2.15. The van der Waals surface area contributed by atoms with E-state index in [1.807, 2.05) is 0 Å². The van der Waals surface area contributed by atoms with E-state index in [-0.39, 0.29) is 11.5 Å². The van der Waals surface area contributed by atoms with Gasteiger partial charge in [-0.2, -0.15) is 0 Å². The first-order valence-electron chi connectivity index (χ1n) is 8.66. The third-order valence-electron chi connectivity index (χ3n) is 4.22. The molecule has 3 aromatic rings. The van der Waals surface area contributed by atoms with Gasteiger partial charge >= 0.3 is 5.97 Å². The molecule has 146 valence electrons. The van der Waals surface area contributed by atoms with E-state index in [1.165, 1.54) is 12.1 Å². The van der Waals surface area contributed by atoms with Crippen LogP contribution in [-0.4, -0.2) is 22.9 Å². The summed E-state index contributed by atoms with van der Waals surface area (Å²) in [5.41, 5.74) is 2.54. The maximum Gasteiger partial charge on any atom is 0.335 e. The molecule has 0 aliphatic heterocycles. The molecule has 0 fully saturated rings. The fraction of sp³-hybridized carbons (Fsp3) is 0.0455. The van der Waals surface area contributed by atoms with E-state index >= 15 is 0 Å². The summed E-state index contributed by atoms with van der Waals surface area (Å²) >= 11 is 3.32. The van der Waals surface area contributed by atoms with Crippen molar-refractivity contribution >= 4 is 45.1 Å². The van der Waals surface area contributed by atoms with Crippen molar-refractivity contribution in [3.05, 3.63) is 93.5 Å². The summed E-state index contributed by atoms with van der Waals surface area (Å²) in [4.78, 5) is 36.1. The Morgan fingerprint density at radius 1 is 0.793 bits per heavy atom. The fourth-order valence-electron chi connectivity index (χ4n) is 2.63. The number of carbonyl (C=O) groups excluding carboxylic acids is 2. The van der Waals surface area contributed by atoms with Crippen molar-refractivity contribution < 1.29 is 19.5 Å². The minimum absolute atomic E-state index is 0.0846. The van der Waals surface area contributed by atoms with Crippen LogP contribution >= 0.6 is 15.9 Å². The predicted molar refractivity (Wildman–Crippen MR) is 115 cm³/mol. The van der Waals surface area contributed by atoms with Crippen LogP contribution in [0.5, 0.6) is 0 Å². The van der Waals surface area contributed by atoms with Gasteiger partial charge in [0.25, 0.3) is 11.8 Å². The SMILES string of the molecule is Cc1ccc(C(=O)O)cc1NC(=O)c1cccc(NC(=O)c2ccc(Br)cc2)c1. The van der Waals surface area contributed by atoms with Crippen molar-refractivity contribution in [3.8, 4) is 0 Å². The Kier molecular flexibility index (Phi) is 6.09. The first-order chi connectivity index (χ1) is 13.8. The zero-order valence-corrected chi connectivity index (χ0v) is 17.0. The highest BCUT2D eigenvalue weighted by atomic mass is 79.9. The molecule has 29 heavy (non-hydrogen) atoms. The number of carbonyl (C=O) groups is 3. The van der Waals surface area contributed by atoms with Crippen LogP contribution in [-0.2, 0) is 0 Å². The fourth-order valence-corrected chi connectivity index (χ4v) is 2.89. The van der Waals surface area contributed by atoms with Crippen LogP contribution in [0.1, 0.15) is 36.6 Å². The molecule has 0 atom stereocenters. The van der Waals surface area contributed by atoms with E-state index < -0.39 is 11.9 Å². The van der Waals surface area contributed by atoms with E-state index in [0.29, 0.717) is 22.5 Å². The summed E-state index contributed by atoms with van der Waals surface area (Å²) in [6.45, 7) is 1.77. The highest BCUT2D eigenvalue weighted by Crippen LogP contribution is 2.20. The van der Waals surface area contributed by atoms with Gasteiger partial charge in [-0.1, -0.05) is 28.1 Å². The van der Waals surface area contributed by atoms with Crippen LogP contribution in [0.15, 0.2) is 71.2 Å². The van der Waals surface area contributed by atoms with E-state index in [9.17, 15) is 14.4 Å². The molecule has 6 nitrogen and oxygen atoms in total. The summed E-state index contributed by atoms with van der Waals surface area (Å²) in [6.07, 6.45) is 0. The molecule has 3 N–H and O–H groups in total. The van der Waals surface area contributed by atoms with Crippen LogP contribution in [0.3, 0.4) is 0 Å². The molecular weight excluding hydrogens is 436 g/mol. The molecule has 0 bridgehead atoms. The molecule has 0 aliphatic rings. The zero-order chi connectivity index (χ0) is 21.0. The topological polar surface area (TPSA) is 95.5 Å². The first kappa shape index (κ1) is 20.3. The van der Waals surface area contributed by atoms with Gasteiger partial charge in [0.2, 0.25) is 0 Å². The average Bonchev–Trinajstić information content (AvgIpc) is 2.70. The van der Waals surface area contributed by atoms with Gasteiger partial charge in [-0.25, -0.2) is 4.79 Å². The Morgan fingerprint density at radius 3 is 2.14 bits per heavy atom. The normalized spacial score (nSPS) is 10.3. The number of aryl methyl sites for hydroxylation is 1. The third kappa shape index (κ3) is 5.08. The summed E-state index contributed by atoms with van der Waals surface area (Å²) in [6, 6.07) is 18.0. The van der Waals surface area contributed by atoms with Crippen LogP contribution in [0.25, 0.3) is 0 Å². The van der Waals surface area contributed by atoms with Crippen LogP contribution in [0.4, 0.5) is 11.4 Å². The molecule has 0 radical (unpaired) electrons. The number of anilines is 2. The maximum absolute atomic E-state index is 12.6. The second-order valence-electron chi connectivity index (χ2n) is 6.33. The number of hydrogen-bond donors (Lipinski definition) is 3. The number of aromatic carboxylic acids is 1. The van der Waals surface area contributed by atoms with Gasteiger partial charge < -0.3 is 15.7 Å². The summed E-state index contributed by atoms with van der Waals surface area (Å²) < 4.78 is 0.870. The van der Waals surface area contributed by atoms with Crippen LogP contribution in [0.2, 0.25) is 0 Å². The van der Waals surface area contributed by atoms with E-state index in [2.05, 4.69) is 26.6 Å². The van der Waals surface area contributed by atoms with Crippen molar-refractivity contribution in [1.82, 2.24) is 0 Å². The lowest BCUT2D eigenvalue weighted by Gasteiger charge is -2.11. The van der Waals surface area contributed by atoms with Crippen LogP contribution < -0.4 is 10.6 Å². The molecule has 0 heterocycles. The van der Waals surface area contributed by atoms with Gasteiger partial charge in [-0.15, -0.1) is 0 Å². The Labute approximate surface area is 175 Å². The molecule has 0 aliphatic carbocycles. The number of hydrogen-bond acceptors (Lipinski definition) is 3. The molecule has 0 saturated heterocycles. The van der Waals surface area contributed by atoms with Crippen molar-refractivity contribution in [1.29, 1.82) is 0 Å². The van der Waals surface area contributed by atoms with Gasteiger partial charge in [-0.3, -0.25) is 9.59 Å². The van der Waals surface area contributed by atoms with Crippen molar-refractivity contribution in [3.63, 3.8) is 0 Å². The van der Waals surface area contributed by atoms with Gasteiger partial charge in [0, 0.05) is 27.0 Å². The minimum Gasteiger partial charge on any atom is -0.478 e. The highest BCUT2D eigenvalue weighted by molar-refractivity contribution is 9.10. The Balaban J connectivity index is 1.76. The number of nitrogens with one attached hydrogen (secondary N) is 2. The van der Waals surface area contributed by atoms with Crippen molar-refractivity contribution in [2.75, 3.05) is 10.6 Å². The second kappa shape index (κ2) is 8.70. The van der Waals surface area contributed by atoms with E-state index in [0.717, 1.165) is 10.0 Å². The molecule has 7 heteroatoms. The third-order valence-corrected chi connectivity index (χ3v) is 4.75. The molecule has 3 rings (SSSR count). The monoisotopic (exact) mass is 452 g/mol. The zero-order valence-electron chi connectivity index (χ0n) is 15.4. The maximum atomic E-state index is 12.6. The Morgan fingerprint density at radius 2 is 1.45 bits per heavy atom. The van der Waals surface area contributed by atoms with Gasteiger partial charge in [0.15, 0.2) is 0 Å². The largest absolute Gasteiger partial charge is 0.478 e. The lowest BCUT2D eigenvalue weighted by atomic mass is 10.1. The first-order valence-corrected chi connectivity index (χ1v) is 9.45. The summed E-state index contributed by atoms with van der Waals surface area (Å²) in [5.74, 6) is -1.77. The van der Waals surface area contributed by atoms with Crippen molar-refractivity contribution in [2.45, 2.75) is 6.92 Å². The van der Waals surface area contributed by atoms with Gasteiger partial charge in [0.1, 0.15) is 0 Å². The summed E-state index contributed by atoms with van der Waals surface area (Å²) in [5, 5.41) is 14.6. The van der Waals surface area contributed by atoms with Crippen LogP contribution in [0, 0.1) is 6.92 Å². The minimum atomic E-state index is -1.07. The Hall–Kier alpha value is -3.45. The molecule has 3 aromatic carbocycles. The molecular formula is C22H17BrN2O4. The number of carboxylic acids is 1. The molecule has 2 amide bonds. The summed E-state index contributed by atoms with van der Waals surface area (Å²) in [7, 11) is 0. The molecule has 0 unspecified atom stereocenters. The Bertz CT molecular complexity index is 1090. The van der Waals surface area contributed by atoms with Crippen molar-refractivity contribution in [2.24, 2.45) is 0 Å². The molecule has 0 aromatic heterocycles. The number of amides is 2. The van der Waals surface area contributed by atoms with E-state index in [4.69, 9.17) is 5.11 Å². The number of benzene rings is 3. The lowest BCUT2D eigenvalue weighted by molar-refractivity contribution is 0.0696. The molecule has 0 saturated carbocycles. The predicted octanol–water partition coefficient (Wildman–Crippen LogP) is 4.96. The van der Waals surface area contributed by atoms with Gasteiger partial charge in [0.05, 0.1) is 5.56 Å². The standard InChI is InChI=1S/C22H17BrN2O4/c1-13-5-6-16(22(28)29)12-19(13)25-21(27)15-3-2-4-18(11-15)24-20(26)14-7-9-17(23)10-8-14/h2-12H,1H3,(H,24,26)(H,25,27)(H,28,29). The average molecular weight is 453 g/mol. The number of halogens is 1. The number of carboxylic acid groups (broad SMARTS) is 1. The molecule has 0 spiro atoms. The van der Waals surface area contributed by atoms with Gasteiger partial charge in [-0.05, 0) is 67.1 Å².